The highest BCUT2D eigenvalue weighted by Crippen LogP contribution is 2.27. The average Bonchev–Trinajstić information content (AvgIpc) is 2.89. The minimum atomic E-state index is -4.10. The van der Waals surface area contributed by atoms with Gasteiger partial charge in [0.1, 0.15) is 12.6 Å². The van der Waals surface area contributed by atoms with E-state index in [9.17, 15) is 18.0 Å². The van der Waals surface area contributed by atoms with Crippen LogP contribution in [0.3, 0.4) is 0 Å². The van der Waals surface area contributed by atoms with Crippen LogP contribution in [0.25, 0.3) is 0 Å². The predicted molar refractivity (Wildman–Crippen MR) is 152 cm³/mol. The number of nitrogens with zero attached hydrogens (tertiary/aromatic N) is 2. The van der Waals surface area contributed by atoms with Gasteiger partial charge in [-0.05, 0) is 62.2 Å². The van der Waals surface area contributed by atoms with Crippen LogP contribution in [0, 0.1) is 6.92 Å². The first-order valence-corrected chi connectivity index (χ1v) is 14.4. The molecule has 0 aliphatic carbocycles. The van der Waals surface area contributed by atoms with E-state index in [4.69, 9.17) is 23.2 Å². The van der Waals surface area contributed by atoms with Gasteiger partial charge in [-0.3, -0.25) is 13.9 Å². The van der Waals surface area contributed by atoms with Crippen molar-refractivity contribution in [1.82, 2.24) is 10.2 Å². The summed E-state index contributed by atoms with van der Waals surface area (Å²) < 4.78 is 28.6. The van der Waals surface area contributed by atoms with Crippen molar-refractivity contribution in [2.45, 2.75) is 44.7 Å². The van der Waals surface area contributed by atoms with Crippen molar-refractivity contribution in [2.75, 3.05) is 17.4 Å². The normalized spacial score (nSPS) is 12.0. The quantitative estimate of drug-likeness (QED) is 0.330. The number of carbonyl (C=O) groups excluding carboxylic acids is 2. The van der Waals surface area contributed by atoms with Gasteiger partial charge in [0.2, 0.25) is 11.8 Å². The van der Waals surface area contributed by atoms with Crippen LogP contribution in [0.1, 0.15) is 31.4 Å². The van der Waals surface area contributed by atoms with Gasteiger partial charge in [-0.1, -0.05) is 72.1 Å². The zero-order chi connectivity index (χ0) is 27.9. The highest BCUT2D eigenvalue weighted by molar-refractivity contribution is 7.92. The number of hydrogen-bond donors (Lipinski definition) is 1. The number of halogens is 2. The molecule has 0 saturated heterocycles. The lowest BCUT2D eigenvalue weighted by Gasteiger charge is -2.33. The summed E-state index contributed by atoms with van der Waals surface area (Å²) in [4.78, 5) is 28.3. The largest absolute Gasteiger partial charge is 0.355 e. The van der Waals surface area contributed by atoms with E-state index >= 15 is 0 Å². The van der Waals surface area contributed by atoms with E-state index in [0.717, 1.165) is 9.87 Å². The summed E-state index contributed by atoms with van der Waals surface area (Å²) in [7, 11) is -4.10. The molecule has 0 spiro atoms. The molecule has 3 aromatic rings. The zero-order valence-electron chi connectivity index (χ0n) is 21.5. The van der Waals surface area contributed by atoms with Gasteiger partial charge < -0.3 is 10.2 Å². The number of rotatable bonds is 11. The zero-order valence-corrected chi connectivity index (χ0v) is 23.9. The number of sulfonamides is 1. The van der Waals surface area contributed by atoms with Gasteiger partial charge in [-0.15, -0.1) is 0 Å². The molecule has 0 heterocycles. The SMILES string of the molecule is CCNC(=O)C(CC)N(Cc1ccc(Cl)cc1Cl)C(=O)CN(c1ccc(C)cc1)S(=O)(=O)c1ccccc1. The molecule has 0 bridgehead atoms. The van der Waals surface area contributed by atoms with Crippen LogP contribution in [0.2, 0.25) is 10.0 Å². The van der Waals surface area contributed by atoms with E-state index in [1.807, 2.05) is 6.92 Å². The molecule has 0 saturated carbocycles. The third-order valence-corrected chi connectivity index (χ3v) is 8.40. The number of benzene rings is 3. The first-order valence-electron chi connectivity index (χ1n) is 12.2. The fourth-order valence-electron chi connectivity index (χ4n) is 4.00. The van der Waals surface area contributed by atoms with Crippen molar-refractivity contribution < 1.29 is 18.0 Å². The standard InChI is InChI=1S/C28H31Cl2N3O4S/c1-4-26(28(35)31-5-2)32(18-21-13-14-22(29)17-25(21)30)27(34)19-33(23-15-11-20(3)12-16-23)38(36,37)24-9-7-6-8-10-24/h6-17,26H,4-5,18-19H2,1-3H3,(H,31,35). The van der Waals surface area contributed by atoms with Gasteiger partial charge in [0.15, 0.2) is 0 Å². The Kier molecular flexibility index (Phi) is 10.2. The molecule has 2 amide bonds. The maximum atomic E-state index is 13.9. The Morgan fingerprint density at radius 3 is 2.18 bits per heavy atom. The molecule has 202 valence electrons. The molecule has 0 radical (unpaired) electrons. The molecule has 1 unspecified atom stereocenters. The summed E-state index contributed by atoms with van der Waals surface area (Å²) >= 11 is 12.5. The van der Waals surface area contributed by atoms with Gasteiger partial charge in [0.05, 0.1) is 10.6 Å². The average molecular weight is 577 g/mol. The van der Waals surface area contributed by atoms with Gasteiger partial charge in [-0.25, -0.2) is 8.42 Å². The topological polar surface area (TPSA) is 86.8 Å². The Morgan fingerprint density at radius 2 is 1.61 bits per heavy atom. The van der Waals surface area contributed by atoms with Crippen molar-refractivity contribution in [3.63, 3.8) is 0 Å². The number of hydrogen-bond acceptors (Lipinski definition) is 4. The van der Waals surface area contributed by atoms with Gasteiger partial charge >= 0.3 is 0 Å². The van der Waals surface area contributed by atoms with Crippen molar-refractivity contribution in [3.8, 4) is 0 Å². The summed E-state index contributed by atoms with van der Waals surface area (Å²) in [6.07, 6.45) is 0.318. The molecule has 0 fully saturated rings. The van der Waals surface area contributed by atoms with E-state index in [-0.39, 0.29) is 17.3 Å². The molecule has 10 heteroatoms. The Bertz CT molecular complexity index is 1370. The van der Waals surface area contributed by atoms with Crippen molar-refractivity contribution in [2.24, 2.45) is 0 Å². The summed E-state index contributed by atoms with van der Waals surface area (Å²) in [5.41, 5.74) is 1.86. The molecule has 0 aliphatic heterocycles. The second-order valence-electron chi connectivity index (χ2n) is 8.74. The molecule has 3 rings (SSSR count). The van der Waals surface area contributed by atoms with Crippen molar-refractivity contribution >= 4 is 50.7 Å². The van der Waals surface area contributed by atoms with Gasteiger partial charge in [0.25, 0.3) is 10.0 Å². The minimum Gasteiger partial charge on any atom is -0.355 e. The number of likely N-dealkylation sites (N-methyl/N-ethyl adjacent to an activating group) is 1. The monoisotopic (exact) mass is 575 g/mol. The Hall–Kier alpha value is -3.07. The molecule has 3 aromatic carbocycles. The van der Waals surface area contributed by atoms with Gasteiger partial charge in [0, 0.05) is 23.1 Å². The lowest BCUT2D eigenvalue weighted by molar-refractivity contribution is -0.140. The third-order valence-electron chi connectivity index (χ3n) is 6.02. The highest BCUT2D eigenvalue weighted by Gasteiger charge is 2.33. The molecule has 38 heavy (non-hydrogen) atoms. The number of carbonyl (C=O) groups is 2. The number of anilines is 1. The Balaban J connectivity index is 2.06. The number of aryl methyl sites for hydroxylation is 1. The minimum absolute atomic E-state index is 0.00238. The molecule has 7 nitrogen and oxygen atoms in total. The van der Waals surface area contributed by atoms with Crippen LogP contribution in [0.4, 0.5) is 5.69 Å². The van der Waals surface area contributed by atoms with E-state index in [1.165, 1.54) is 17.0 Å². The molecule has 1 N–H and O–H groups in total. The van der Waals surface area contributed by atoms with Crippen LogP contribution in [0.5, 0.6) is 0 Å². The molecule has 0 aromatic heterocycles. The maximum absolute atomic E-state index is 13.9. The summed E-state index contributed by atoms with van der Waals surface area (Å²) in [5, 5.41) is 3.55. The van der Waals surface area contributed by atoms with E-state index in [2.05, 4.69) is 5.32 Å². The van der Waals surface area contributed by atoms with Crippen LogP contribution < -0.4 is 9.62 Å². The Labute approximate surface area is 234 Å². The van der Waals surface area contributed by atoms with E-state index in [0.29, 0.717) is 34.3 Å². The molecule has 1 atom stereocenters. The van der Waals surface area contributed by atoms with Crippen molar-refractivity contribution in [3.05, 3.63) is 94.0 Å². The summed E-state index contributed by atoms with van der Waals surface area (Å²) in [6.45, 7) is 5.34. The third kappa shape index (κ3) is 7.07. The predicted octanol–water partition coefficient (Wildman–Crippen LogP) is 5.44. The molecule has 0 aliphatic rings. The molecular formula is C28H31Cl2N3O4S. The van der Waals surface area contributed by atoms with E-state index in [1.54, 1.807) is 74.5 Å². The summed E-state index contributed by atoms with van der Waals surface area (Å²) in [5.74, 6) is -0.879. The lowest BCUT2D eigenvalue weighted by Crippen LogP contribution is -2.52. The smallest absolute Gasteiger partial charge is 0.264 e. The maximum Gasteiger partial charge on any atom is 0.264 e. The fourth-order valence-corrected chi connectivity index (χ4v) is 5.91. The second-order valence-corrected chi connectivity index (χ2v) is 11.4. The summed E-state index contributed by atoms with van der Waals surface area (Å²) in [6, 6.07) is 18.9. The van der Waals surface area contributed by atoms with Crippen LogP contribution in [-0.4, -0.2) is 44.3 Å². The van der Waals surface area contributed by atoms with Crippen LogP contribution in [0.15, 0.2) is 77.7 Å². The van der Waals surface area contributed by atoms with E-state index < -0.39 is 28.5 Å². The Morgan fingerprint density at radius 1 is 0.947 bits per heavy atom. The van der Waals surface area contributed by atoms with Gasteiger partial charge in [-0.2, -0.15) is 0 Å². The van der Waals surface area contributed by atoms with Crippen LogP contribution in [-0.2, 0) is 26.2 Å². The highest BCUT2D eigenvalue weighted by atomic mass is 35.5. The number of nitrogens with one attached hydrogen (secondary N) is 1. The first kappa shape index (κ1) is 29.5. The number of amides is 2. The lowest BCUT2D eigenvalue weighted by atomic mass is 10.1. The first-order chi connectivity index (χ1) is 18.1. The molecular weight excluding hydrogens is 545 g/mol. The van der Waals surface area contributed by atoms with Crippen molar-refractivity contribution in [1.29, 1.82) is 0 Å². The fraction of sp³-hybridized carbons (Fsp3) is 0.286. The second kappa shape index (κ2) is 13.1. The van der Waals surface area contributed by atoms with Crippen LogP contribution >= 0.6 is 23.2 Å².